The second-order valence-electron chi connectivity index (χ2n) is 6.61. The molecule has 0 bridgehead atoms. The van der Waals surface area contributed by atoms with Crippen molar-refractivity contribution in [2.24, 2.45) is 5.41 Å². The molecule has 0 spiro atoms. The molecule has 1 heterocycles. The quantitative estimate of drug-likeness (QED) is 0.905. The number of rotatable bonds is 3. The minimum atomic E-state index is -0.219. The van der Waals surface area contributed by atoms with Crippen LogP contribution < -0.4 is 5.56 Å². The van der Waals surface area contributed by atoms with Gasteiger partial charge < -0.3 is 9.72 Å². The van der Waals surface area contributed by atoms with Gasteiger partial charge in [-0.3, -0.25) is 4.79 Å². The topological polar surface area (TPSA) is 55.0 Å². The standard InChI is InChI=1S/C15H23BrN2O2/c1-15(2,3)12(20-4)13-17-11(9-7-5-6-8-9)10(16)14(19)18-13/h9,12H,5-8H2,1-4H3,(H,17,18,19). The summed E-state index contributed by atoms with van der Waals surface area (Å²) in [5, 5.41) is 0. The smallest absolute Gasteiger partial charge is 0.265 e. The number of H-pyrrole nitrogens is 1. The number of hydrogen-bond acceptors (Lipinski definition) is 3. The summed E-state index contributed by atoms with van der Waals surface area (Å²) in [5.41, 5.74) is 0.668. The number of halogens is 1. The van der Waals surface area contributed by atoms with Crippen molar-refractivity contribution in [3.05, 3.63) is 26.3 Å². The predicted molar refractivity (Wildman–Crippen MR) is 83.0 cm³/mol. The maximum Gasteiger partial charge on any atom is 0.265 e. The lowest BCUT2D eigenvalue weighted by Crippen LogP contribution is -2.27. The third-order valence-corrected chi connectivity index (χ3v) is 4.69. The van der Waals surface area contributed by atoms with Crippen LogP contribution in [-0.4, -0.2) is 17.1 Å². The van der Waals surface area contributed by atoms with Crippen molar-refractivity contribution in [1.82, 2.24) is 9.97 Å². The monoisotopic (exact) mass is 342 g/mol. The minimum absolute atomic E-state index is 0.108. The highest BCUT2D eigenvalue weighted by atomic mass is 79.9. The van der Waals surface area contributed by atoms with Gasteiger partial charge in [-0.05, 0) is 34.2 Å². The normalized spacial score (nSPS) is 18.4. The number of ether oxygens (including phenoxy) is 1. The number of nitrogens with zero attached hydrogens (tertiary/aromatic N) is 1. The fourth-order valence-electron chi connectivity index (χ4n) is 2.96. The first-order valence-corrected chi connectivity index (χ1v) is 7.96. The van der Waals surface area contributed by atoms with Crippen molar-refractivity contribution in [3.8, 4) is 0 Å². The fraction of sp³-hybridized carbons (Fsp3) is 0.733. The number of hydrogen-bond donors (Lipinski definition) is 1. The van der Waals surface area contributed by atoms with Crippen LogP contribution in [0.1, 0.15) is 70.0 Å². The number of methoxy groups -OCH3 is 1. The predicted octanol–water partition coefficient (Wildman–Crippen LogP) is 3.92. The van der Waals surface area contributed by atoms with Gasteiger partial charge in [0.15, 0.2) is 0 Å². The molecule has 1 aromatic heterocycles. The largest absolute Gasteiger partial charge is 0.373 e. The van der Waals surface area contributed by atoms with Crippen molar-refractivity contribution in [2.45, 2.75) is 58.5 Å². The maximum absolute atomic E-state index is 12.2. The van der Waals surface area contributed by atoms with Crippen molar-refractivity contribution in [2.75, 3.05) is 7.11 Å². The maximum atomic E-state index is 12.2. The Morgan fingerprint density at radius 1 is 1.35 bits per heavy atom. The Kier molecular flexibility index (Phi) is 4.69. The SMILES string of the molecule is COC(c1nc(C2CCCC2)c(Br)c(=O)[nH]1)C(C)(C)C. The molecule has 20 heavy (non-hydrogen) atoms. The second kappa shape index (κ2) is 5.98. The molecular formula is C15H23BrN2O2. The molecule has 0 radical (unpaired) electrons. The van der Waals surface area contributed by atoms with E-state index in [1.807, 2.05) is 0 Å². The molecule has 112 valence electrons. The summed E-state index contributed by atoms with van der Waals surface area (Å²) in [4.78, 5) is 19.8. The van der Waals surface area contributed by atoms with Crippen LogP contribution in [0.4, 0.5) is 0 Å². The molecule has 1 N–H and O–H groups in total. The van der Waals surface area contributed by atoms with Crippen LogP contribution in [-0.2, 0) is 4.74 Å². The molecule has 4 nitrogen and oxygen atoms in total. The van der Waals surface area contributed by atoms with Crippen molar-refractivity contribution < 1.29 is 4.74 Å². The molecule has 0 aromatic carbocycles. The lowest BCUT2D eigenvalue weighted by molar-refractivity contribution is 0.00824. The van der Waals surface area contributed by atoms with Crippen molar-refractivity contribution in [3.63, 3.8) is 0 Å². The van der Waals surface area contributed by atoms with Crippen LogP contribution in [0, 0.1) is 5.41 Å². The van der Waals surface area contributed by atoms with E-state index in [4.69, 9.17) is 9.72 Å². The Morgan fingerprint density at radius 3 is 2.45 bits per heavy atom. The summed E-state index contributed by atoms with van der Waals surface area (Å²) in [6.07, 6.45) is 4.44. The van der Waals surface area contributed by atoms with E-state index in [0.717, 1.165) is 18.5 Å². The molecular weight excluding hydrogens is 320 g/mol. The van der Waals surface area contributed by atoms with Crippen LogP contribution >= 0.6 is 15.9 Å². The fourth-order valence-corrected chi connectivity index (χ4v) is 3.48. The van der Waals surface area contributed by atoms with Gasteiger partial charge in [0.1, 0.15) is 16.4 Å². The lowest BCUT2D eigenvalue weighted by Gasteiger charge is -2.29. The van der Waals surface area contributed by atoms with E-state index < -0.39 is 0 Å². The van der Waals surface area contributed by atoms with Gasteiger partial charge in [-0.15, -0.1) is 0 Å². The average molecular weight is 343 g/mol. The third-order valence-electron chi connectivity index (χ3n) is 3.92. The minimum Gasteiger partial charge on any atom is -0.373 e. The molecule has 0 saturated heterocycles. The molecule has 1 aliphatic carbocycles. The lowest BCUT2D eigenvalue weighted by atomic mass is 9.88. The molecule has 1 fully saturated rings. The zero-order valence-electron chi connectivity index (χ0n) is 12.6. The van der Waals surface area contributed by atoms with Gasteiger partial charge in [0.2, 0.25) is 0 Å². The molecule has 1 aromatic rings. The van der Waals surface area contributed by atoms with Crippen LogP contribution in [0.15, 0.2) is 9.27 Å². The van der Waals surface area contributed by atoms with E-state index >= 15 is 0 Å². The number of nitrogens with one attached hydrogen (secondary N) is 1. The molecule has 1 aliphatic rings. The van der Waals surface area contributed by atoms with E-state index in [0.29, 0.717) is 16.2 Å². The second-order valence-corrected chi connectivity index (χ2v) is 7.41. The van der Waals surface area contributed by atoms with E-state index in [9.17, 15) is 4.79 Å². The van der Waals surface area contributed by atoms with Crippen LogP contribution in [0.3, 0.4) is 0 Å². The van der Waals surface area contributed by atoms with E-state index in [-0.39, 0.29) is 17.1 Å². The molecule has 0 amide bonds. The highest BCUT2D eigenvalue weighted by molar-refractivity contribution is 9.10. The highest BCUT2D eigenvalue weighted by Crippen LogP contribution is 2.38. The van der Waals surface area contributed by atoms with Crippen LogP contribution in [0.5, 0.6) is 0 Å². The average Bonchev–Trinajstić information content (AvgIpc) is 2.86. The van der Waals surface area contributed by atoms with E-state index in [2.05, 4.69) is 41.7 Å². The van der Waals surface area contributed by atoms with Gasteiger partial charge in [0.05, 0.1) is 5.69 Å². The van der Waals surface area contributed by atoms with E-state index in [1.54, 1.807) is 7.11 Å². The summed E-state index contributed by atoms with van der Waals surface area (Å²) in [6, 6.07) is 0. The van der Waals surface area contributed by atoms with Gasteiger partial charge in [-0.1, -0.05) is 33.6 Å². The van der Waals surface area contributed by atoms with Crippen LogP contribution in [0.2, 0.25) is 0 Å². The van der Waals surface area contributed by atoms with Crippen molar-refractivity contribution >= 4 is 15.9 Å². The Hall–Kier alpha value is -0.680. The summed E-state index contributed by atoms with van der Waals surface area (Å²) >= 11 is 3.40. The van der Waals surface area contributed by atoms with Gasteiger partial charge in [0, 0.05) is 13.0 Å². The Balaban J connectivity index is 2.47. The first-order valence-electron chi connectivity index (χ1n) is 7.17. The van der Waals surface area contributed by atoms with Gasteiger partial charge in [-0.25, -0.2) is 4.98 Å². The summed E-state index contributed by atoms with van der Waals surface area (Å²) in [7, 11) is 1.66. The molecule has 5 heteroatoms. The zero-order chi connectivity index (χ0) is 14.9. The Morgan fingerprint density at radius 2 is 1.95 bits per heavy atom. The molecule has 0 aliphatic heterocycles. The Bertz CT molecular complexity index is 528. The van der Waals surface area contributed by atoms with Crippen LogP contribution in [0.25, 0.3) is 0 Å². The third kappa shape index (κ3) is 3.14. The van der Waals surface area contributed by atoms with Crippen molar-refractivity contribution in [1.29, 1.82) is 0 Å². The van der Waals surface area contributed by atoms with E-state index in [1.165, 1.54) is 12.8 Å². The molecule has 1 atom stereocenters. The number of aromatic nitrogens is 2. The molecule has 1 unspecified atom stereocenters. The number of aromatic amines is 1. The van der Waals surface area contributed by atoms with Gasteiger partial charge >= 0.3 is 0 Å². The Labute approximate surface area is 128 Å². The first-order chi connectivity index (χ1) is 9.34. The molecule has 1 saturated carbocycles. The highest BCUT2D eigenvalue weighted by Gasteiger charge is 2.31. The summed E-state index contributed by atoms with van der Waals surface area (Å²) in [5.74, 6) is 1.03. The molecule has 2 rings (SSSR count). The zero-order valence-corrected chi connectivity index (χ0v) is 14.2. The first kappa shape index (κ1) is 15.7. The van der Waals surface area contributed by atoms with Gasteiger partial charge in [-0.2, -0.15) is 0 Å². The van der Waals surface area contributed by atoms with Gasteiger partial charge in [0.25, 0.3) is 5.56 Å². The summed E-state index contributed by atoms with van der Waals surface area (Å²) < 4.78 is 6.15. The summed E-state index contributed by atoms with van der Waals surface area (Å²) in [6.45, 7) is 6.25.